The standard InChI is InChI=1S/C16H24N2O/c1-11-9-12(2)15(13(3)10-11)18-16(19)14-7-5-4-6-8-17-14/h9-10,14,17H,4-8H2,1-3H3,(H,18,19). The minimum atomic E-state index is -0.0393. The highest BCUT2D eigenvalue weighted by molar-refractivity contribution is 5.96. The second-order valence-corrected chi connectivity index (χ2v) is 5.62. The third-order valence-electron chi connectivity index (χ3n) is 3.80. The molecule has 1 aromatic rings. The van der Waals surface area contributed by atoms with Crippen LogP contribution in [0.4, 0.5) is 5.69 Å². The lowest BCUT2D eigenvalue weighted by molar-refractivity contribution is -0.118. The number of benzene rings is 1. The molecule has 2 rings (SSSR count). The molecule has 3 nitrogen and oxygen atoms in total. The number of carbonyl (C=O) groups is 1. The van der Waals surface area contributed by atoms with Crippen LogP contribution in [0.25, 0.3) is 0 Å². The lowest BCUT2D eigenvalue weighted by Gasteiger charge is -2.18. The summed E-state index contributed by atoms with van der Waals surface area (Å²) in [5.74, 6) is 0.108. The lowest BCUT2D eigenvalue weighted by Crippen LogP contribution is -2.40. The summed E-state index contributed by atoms with van der Waals surface area (Å²) in [6, 6.07) is 4.19. The van der Waals surface area contributed by atoms with Crippen molar-refractivity contribution in [1.82, 2.24) is 5.32 Å². The van der Waals surface area contributed by atoms with Crippen molar-refractivity contribution in [3.8, 4) is 0 Å². The van der Waals surface area contributed by atoms with Crippen LogP contribution in [0.3, 0.4) is 0 Å². The molecule has 0 spiro atoms. The SMILES string of the molecule is Cc1cc(C)c(NC(=O)C2CCCCCN2)c(C)c1. The molecule has 3 heteroatoms. The lowest BCUT2D eigenvalue weighted by atomic mass is 10.0. The maximum absolute atomic E-state index is 12.3. The zero-order valence-corrected chi connectivity index (χ0v) is 12.2. The minimum Gasteiger partial charge on any atom is -0.324 e. The van der Waals surface area contributed by atoms with Gasteiger partial charge in [0.1, 0.15) is 0 Å². The fourth-order valence-corrected chi connectivity index (χ4v) is 2.84. The van der Waals surface area contributed by atoms with Crippen molar-refractivity contribution in [2.24, 2.45) is 0 Å². The predicted molar refractivity (Wildman–Crippen MR) is 79.5 cm³/mol. The van der Waals surface area contributed by atoms with Gasteiger partial charge in [-0.15, -0.1) is 0 Å². The van der Waals surface area contributed by atoms with E-state index in [2.05, 4.69) is 43.5 Å². The number of aryl methyl sites for hydroxylation is 3. The average Bonchev–Trinajstić information content (AvgIpc) is 2.62. The van der Waals surface area contributed by atoms with Crippen molar-refractivity contribution in [3.63, 3.8) is 0 Å². The minimum absolute atomic E-state index is 0.0393. The number of anilines is 1. The number of amides is 1. The van der Waals surface area contributed by atoms with E-state index < -0.39 is 0 Å². The Kier molecular flexibility index (Phi) is 4.59. The van der Waals surface area contributed by atoms with Gasteiger partial charge in [0.25, 0.3) is 0 Å². The van der Waals surface area contributed by atoms with Crippen molar-refractivity contribution >= 4 is 11.6 Å². The first kappa shape index (κ1) is 14.1. The Bertz CT molecular complexity index is 437. The molecule has 1 amide bonds. The third-order valence-corrected chi connectivity index (χ3v) is 3.80. The Morgan fingerprint density at radius 2 is 1.84 bits per heavy atom. The molecular weight excluding hydrogens is 236 g/mol. The fraction of sp³-hybridized carbons (Fsp3) is 0.562. The third kappa shape index (κ3) is 3.57. The molecule has 0 bridgehead atoms. The molecule has 1 aliphatic rings. The second kappa shape index (κ2) is 6.20. The number of hydrogen-bond acceptors (Lipinski definition) is 2. The molecule has 0 radical (unpaired) electrons. The van der Waals surface area contributed by atoms with Gasteiger partial charge in [0, 0.05) is 5.69 Å². The molecule has 1 aliphatic heterocycles. The van der Waals surface area contributed by atoms with Crippen LogP contribution in [0.5, 0.6) is 0 Å². The number of rotatable bonds is 2. The van der Waals surface area contributed by atoms with Crippen LogP contribution in [0, 0.1) is 20.8 Å². The van der Waals surface area contributed by atoms with Gasteiger partial charge in [-0.25, -0.2) is 0 Å². The highest BCUT2D eigenvalue weighted by Gasteiger charge is 2.20. The Hall–Kier alpha value is -1.35. The Morgan fingerprint density at radius 1 is 1.16 bits per heavy atom. The van der Waals surface area contributed by atoms with Crippen molar-refractivity contribution < 1.29 is 4.79 Å². The molecule has 1 fully saturated rings. The van der Waals surface area contributed by atoms with Gasteiger partial charge in [0.05, 0.1) is 6.04 Å². The molecule has 1 heterocycles. The molecule has 1 aromatic carbocycles. The summed E-state index contributed by atoms with van der Waals surface area (Å²) in [6.45, 7) is 7.13. The first-order valence-electron chi connectivity index (χ1n) is 7.20. The van der Waals surface area contributed by atoms with Gasteiger partial charge in [0.2, 0.25) is 5.91 Å². The summed E-state index contributed by atoms with van der Waals surface area (Å²) in [5.41, 5.74) is 4.49. The molecule has 19 heavy (non-hydrogen) atoms. The van der Waals surface area contributed by atoms with E-state index in [1.807, 2.05) is 0 Å². The largest absolute Gasteiger partial charge is 0.324 e. The summed E-state index contributed by atoms with van der Waals surface area (Å²) < 4.78 is 0. The van der Waals surface area contributed by atoms with E-state index in [0.717, 1.165) is 36.2 Å². The summed E-state index contributed by atoms with van der Waals surface area (Å²) in [4.78, 5) is 12.3. The van der Waals surface area contributed by atoms with Gasteiger partial charge >= 0.3 is 0 Å². The Balaban J connectivity index is 2.10. The number of nitrogens with one attached hydrogen (secondary N) is 2. The Morgan fingerprint density at radius 3 is 2.53 bits per heavy atom. The Labute approximate surface area is 115 Å². The summed E-state index contributed by atoms with van der Waals surface area (Å²) >= 11 is 0. The quantitative estimate of drug-likeness (QED) is 0.858. The van der Waals surface area contributed by atoms with E-state index in [1.54, 1.807) is 0 Å². The molecule has 104 valence electrons. The van der Waals surface area contributed by atoms with E-state index in [9.17, 15) is 4.79 Å². The van der Waals surface area contributed by atoms with Gasteiger partial charge in [-0.1, -0.05) is 30.5 Å². The zero-order chi connectivity index (χ0) is 13.8. The summed E-state index contributed by atoms with van der Waals surface area (Å²) in [6.07, 6.45) is 4.47. The first-order valence-corrected chi connectivity index (χ1v) is 7.20. The van der Waals surface area contributed by atoms with E-state index in [4.69, 9.17) is 0 Å². The van der Waals surface area contributed by atoms with Gasteiger partial charge in [-0.2, -0.15) is 0 Å². The highest BCUT2D eigenvalue weighted by Crippen LogP contribution is 2.22. The van der Waals surface area contributed by atoms with E-state index in [-0.39, 0.29) is 11.9 Å². The van der Waals surface area contributed by atoms with E-state index in [1.165, 1.54) is 18.4 Å². The van der Waals surface area contributed by atoms with Crippen LogP contribution in [0.15, 0.2) is 12.1 Å². The molecule has 2 N–H and O–H groups in total. The zero-order valence-electron chi connectivity index (χ0n) is 12.2. The summed E-state index contributed by atoms with van der Waals surface area (Å²) in [7, 11) is 0. The monoisotopic (exact) mass is 260 g/mol. The van der Waals surface area contributed by atoms with Crippen molar-refractivity contribution in [2.45, 2.75) is 52.5 Å². The number of hydrogen-bond donors (Lipinski definition) is 2. The molecular formula is C16H24N2O. The smallest absolute Gasteiger partial charge is 0.241 e. The highest BCUT2D eigenvalue weighted by atomic mass is 16.2. The van der Waals surface area contributed by atoms with Gasteiger partial charge in [0.15, 0.2) is 0 Å². The predicted octanol–water partition coefficient (Wildman–Crippen LogP) is 3.08. The normalized spacial score (nSPS) is 19.8. The second-order valence-electron chi connectivity index (χ2n) is 5.62. The summed E-state index contributed by atoms with van der Waals surface area (Å²) in [5, 5.41) is 6.44. The molecule has 1 saturated heterocycles. The average molecular weight is 260 g/mol. The van der Waals surface area contributed by atoms with Crippen molar-refractivity contribution in [2.75, 3.05) is 11.9 Å². The van der Waals surface area contributed by atoms with Gasteiger partial charge < -0.3 is 10.6 Å². The van der Waals surface area contributed by atoms with Crippen LogP contribution in [-0.4, -0.2) is 18.5 Å². The maximum Gasteiger partial charge on any atom is 0.241 e. The van der Waals surface area contributed by atoms with Crippen LogP contribution < -0.4 is 10.6 Å². The number of carbonyl (C=O) groups excluding carboxylic acids is 1. The van der Waals surface area contributed by atoms with E-state index >= 15 is 0 Å². The van der Waals surface area contributed by atoms with Crippen molar-refractivity contribution in [1.29, 1.82) is 0 Å². The van der Waals surface area contributed by atoms with Crippen LogP contribution in [-0.2, 0) is 4.79 Å². The van der Waals surface area contributed by atoms with Gasteiger partial charge in [-0.3, -0.25) is 4.79 Å². The van der Waals surface area contributed by atoms with Crippen molar-refractivity contribution in [3.05, 3.63) is 28.8 Å². The van der Waals surface area contributed by atoms with Gasteiger partial charge in [-0.05, 0) is 51.3 Å². The first-order chi connectivity index (χ1) is 9.08. The van der Waals surface area contributed by atoms with Crippen LogP contribution >= 0.6 is 0 Å². The van der Waals surface area contributed by atoms with Crippen LogP contribution in [0.1, 0.15) is 42.4 Å². The molecule has 1 unspecified atom stereocenters. The maximum atomic E-state index is 12.3. The molecule has 0 saturated carbocycles. The van der Waals surface area contributed by atoms with Crippen LogP contribution in [0.2, 0.25) is 0 Å². The topological polar surface area (TPSA) is 41.1 Å². The van der Waals surface area contributed by atoms with E-state index in [0.29, 0.717) is 0 Å². The molecule has 1 atom stereocenters. The molecule has 0 aliphatic carbocycles. The molecule has 0 aromatic heterocycles. The fourth-order valence-electron chi connectivity index (χ4n) is 2.84.